The van der Waals surface area contributed by atoms with E-state index in [0.717, 1.165) is 50.4 Å². The van der Waals surface area contributed by atoms with Crippen LogP contribution < -0.4 is 4.90 Å². The van der Waals surface area contributed by atoms with E-state index in [2.05, 4.69) is 20.0 Å². The van der Waals surface area contributed by atoms with Gasteiger partial charge in [0.25, 0.3) is 0 Å². The van der Waals surface area contributed by atoms with Gasteiger partial charge in [-0.3, -0.25) is 9.47 Å². The highest BCUT2D eigenvalue weighted by Crippen LogP contribution is 2.27. The van der Waals surface area contributed by atoms with Crippen molar-refractivity contribution in [2.45, 2.75) is 12.8 Å². The zero-order valence-corrected chi connectivity index (χ0v) is 16.3. The summed E-state index contributed by atoms with van der Waals surface area (Å²) in [5, 5.41) is 17.2. The van der Waals surface area contributed by atoms with Crippen LogP contribution in [0.4, 0.5) is 11.6 Å². The number of anilines is 1. The number of hydrogen-bond donors (Lipinski definition) is 0. The van der Waals surface area contributed by atoms with Crippen molar-refractivity contribution in [3.63, 3.8) is 0 Å². The number of nitrogens with zero attached hydrogens (tertiary/aromatic N) is 7. The third-order valence-electron chi connectivity index (χ3n) is 4.81. The van der Waals surface area contributed by atoms with E-state index in [0.29, 0.717) is 17.5 Å². The van der Waals surface area contributed by atoms with Crippen LogP contribution in [0.15, 0.2) is 28.4 Å². The summed E-state index contributed by atoms with van der Waals surface area (Å²) < 4.78 is 7.05. The second kappa shape index (κ2) is 8.07. The fourth-order valence-corrected chi connectivity index (χ4v) is 4.05. The van der Waals surface area contributed by atoms with E-state index >= 15 is 0 Å². The zero-order chi connectivity index (χ0) is 19.5. The number of aryl methyl sites for hydroxylation is 2. The Kier molecular flexibility index (Phi) is 5.35. The molecule has 4 heterocycles. The van der Waals surface area contributed by atoms with E-state index in [-0.39, 0.29) is 5.82 Å². The molecule has 0 saturated carbocycles. The van der Waals surface area contributed by atoms with Crippen molar-refractivity contribution in [1.29, 1.82) is 0 Å². The Labute approximate surface area is 165 Å². The Bertz CT molecular complexity index is 929. The molecule has 0 atom stereocenters. The number of imidazole rings is 1. The fourth-order valence-electron chi connectivity index (χ4n) is 3.40. The van der Waals surface area contributed by atoms with Gasteiger partial charge in [-0.2, -0.15) is 4.98 Å². The molecule has 0 aliphatic carbocycles. The number of piperazine rings is 1. The molecular weight excluding hydrogens is 382 g/mol. The first-order valence-electron chi connectivity index (χ1n) is 9.11. The van der Waals surface area contributed by atoms with Gasteiger partial charge in [-0.1, -0.05) is 11.2 Å². The molecule has 0 radical (unpaired) electrons. The van der Waals surface area contributed by atoms with E-state index in [1.807, 2.05) is 22.4 Å². The van der Waals surface area contributed by atoms with Crippen LogP contribution in [0.1, 0.15) is 12.3 Å². The summed E-state index contributed by atoms with van der Waals surface area (Å²) in [6.45, 7) is 4.12. The minimum Gasteiger partial charge on any atom is -0.358 e. The Hall–Kier alpha value is -2.79. The maximum Gasteiger partial charge on any atom is 0.406 e. The van der Waals surface area contributed by atoms with Gasteiger partial charge in [0.1, 0.15) is 0 Å². The molecule has 0 bridgehead atoms. The summed E-state index contributed by atoms with van der Waals surface area (Å²) in [4.78, 5) is 24.5. The largest absolute Gasteiger partial charge is 0.406 e. The molecule has 1 saturated heterocycles. The number of hydrogen-bond acceptors (Lipinski definition) is 9. The topological polar surface area (TPSA) is 106 Å². The lowest BCUT2D eigenvalue weighted by Crippen LogP contribution is -2.47. The predicted molar refractivity (Wildman–Crippen MR) is 104 cm³/mol. The normalized spacial score (nSPS) is 15.2. The summed E-state index contributed by atoms with van der Waals surface area (Å²) in [5.74, 6) is 1.81. The molecule has 3 aromatic heterocycles. The minimum absolute atomic E-state index is 0.0751. The van der Waals surface area contributed by atoms with Gasteiger partial charge in [-0.15, -0.1) is 11.3 Å². The van der Waals surface area contributed by atoms with Gasteiger partial charge in [-0.25, -0.2) is 0 Å². The molecule has 10 nitrogen and oxygen atoms in total. The molecule has 0 aromatic carbocycles. The lowest BCUT2D eigenvalue weighted by molar-refractivity contribution is -0.388. The van der Waals surface area contributed by atoms with Gasteiger partial charge in [0.05, 0.1) is 4.88 Å². The Balaban J connectivity index is 1.25. The Morgan fingerprint density at radius 1 is 1.32 bits per heavy atom. The molecule has 0 amide bonds. The Morgan fingerprint density at radius 3 is 2.86 bits per heavy atom. The molecule has 0 spiro atoms. The van der Waals surface area contributed by atoms with Gasteiger partial charge in [0, 0.05) is 39.6 Å². The van der Waals surface area contributed by atoms with E-state index in [4.69, 9.17) is 4.52 Å². The average Bonchev–Trinajstić information content (AvgIpc) is 3.43. The van der Waals surface area contributed by atoms with E-state index < -0.39 is 4.92 Å². The summed E-state index contributed by atoms with van der Waals surface area (Å²) in [6, 6.07) is 3.95. The first kappa shape index (κ1) is 18.6. The lowest BCUT2D eigenvalue weighted by Gasteiger charge is -2.35. The van der Waals surface area contributed by atoms with Crippen molar-refractivity contribution in [2.24, 2.45) is 7.05 Å². The van der Waals surface area contributed by atoms with Gasteiger partial charge in [-0.05, 0) is 34.3 Å². The number of thiophene rings is 1. The van der Waals surface area contributed by atoms with Gasteiger partial charge in [0.2, 0.25) is 23.9 Å². The molecule has 1 fully saturated rings. The average molecular weight is 403 g/mol. The van der Waals surface area contributed by atoms with Crippen LogP contribution in [0.3, 0.4) is 0 Å². The van der Waals surface area contributed by atoms with Crippen molar-refractivity contribution < 1.29 is 9.45 Å². The van der Waals surface area contributed by atoms with Crippen molar-refractivity contribution in [3.05, 3.63) is 39.8 Å². The predicted octanol–water partition coefficient (Wildman–Crippen LogP) is 2.19. The highest BCUT2D eigenvalue weighted by Gasteiger charge is 2.28. The van der Waals surface area contributed by atoms with E-state index in [1.165, 1.54) is 6.33 Å². The summed E-state index contributed by atoms with van der Waals surface area (Å²) in [7, 11) is 1.79. The second-order valence-electron chi connectivity index (χ2n) is 6.68. The fraction of sp³-hybridized carbons (Fsp3) is 0.471. The van der Waals surface area contributed by atoms with Crippen LogP contribution in [0.2, 0.25) is 0 Å². The quantitative estimate of drug-likeness (QED) is 0.436. The van der Waals surface area contributed by atoms with Crippen LogP contribution in [0.25, 0.3) is 10.7 Å². The van der Waals surface area contributed by atoms with Crippen LogP contribution in [-0.2, 0) is 13.5 Å². The minimum atomic E-state index is -0.420. The van der Waals surface area contributed by atoms with Gasteiger partial charge in [0.15, 0.2) is 0 Å². The molecule has 4 rings (SSSR count). The summed E-state index contributed by atoms with van der Waals surface area (Å²) in [6.07, 6.45) is 3.17. The van der Waals surface area contributed by atoms with Gasteiger partial charge < -0.3 is 19.5 Å². The smallest absolute Gasteiger partial charge is 0.358 e. The Morgan fingerprint density at radius 2 is 2.14 bits per heavy atom. The van der Waals surface area contributed by atoms with Crippen LogP contribution in [0.5, 0.6) is 0 Å². The highest BCUT2D eigenvalue weighted by molar-refractivity contribution is 7.13. The number of aromatic nitrogens is 4. The second-order valence-corrected chi connectivity index (χ2v) is 7.63. The molecule has 1 aliphatic heterocycles. The molecule has 1 aliphatic rings. The van der Waals surface area contributed by atoms with Crippen molar-refractivity contribution in [1.82, 2.24) is 24.6 Å². The molecule has 0 unspecified atom stereocenters. The van der Waals surface area contributed by atoms with Crippen LogP contribution in [0, 0.1) is 10.1 Å². The first-order chi connectivity index (χ1) is 13.6. The summed E-state index contributed by atoms with van der Waals surface area (Å²) in [5.41, 5.74) is 0. The molecule has 11 heteroatoms. The molecule has 0 N–H and O–H groups in total. The maximum atomic E-state index is 11.2. The van der Waals surface area contributed by atoms with Gasteiger partial charge >= 0.3 is 5.82 Å². The van der Waals surface area contributed by atoms with Crippen LogP contribution >= 0.6 is 11.3 Å². The summed E-state index contributed by atoms with van der Waals surface area (Å²) >= 11 is 1.59. The molecule has 3 aromatic rings. The number of nitro groups is 1. The SMILES string of the molecule is Cn1cnc([N+](=O)[O-])c1N1CCN(CCCc2nc(-c3cccs3)no2)CC1. The highest BCUT2D eigenvalue weighted by atomic mass is 32.1. The van der Waals surface area contributed by atoms with Crippen molar-refractivity contribution >= 4 is 23.0 Å². The molecule has 148 valence electrons. The monoisotopic (exact) mass is 403 g/mol. The van der Waals surface area contributed by atoms with Crippen molar-refractivity contribution in [2.75, 3.05) is 37.6 Å². The molecular formula is C17H21N7O3S. The van der Waals surface area contributed by atoms with Crippen LogP contribution in [-0.4, -0.2) is 62.2 Å². The van der Waals surface area contributed by atoms with E-state index in [1.54, 1.807) is 23.0 Å². The molecule has 28 heavy (non-hydrogen) atoms. The standard InChI is InChI=1S/C17H21N7O3S/c1-21-12-18-16(24(25)26)17(21)23-9-7-22(8-10-23)6-2-5-14-19-15(20-27-14)13-4-3-11-28-13/h3-4,11-12H,2,5-10H2,1H3. The third kappa shape index (κ3) is 3.90. The lowest BCUT2D eigenvalue weighted by atomic mass is 10.2. The van der Waals surface area contributed by atoms with Crippen molar-refractivity contribution in [3.8, 4) is 10.7 Å². The first-order valence-corrected chi connectivity index (χ1v) is 9.99. The third-order valence-corrected chi connectivity index (χ3v) is 5.67. The number of rotatable bonds is 7. The zero-order valence-electron chi connectivity index (χ0n) is 15.5. The van der Waals surface area contributed by atoms with E-state index in [9.17, 15) is 10.1 Å². The maximum absolute atomic E-state index is 11.2.